The van der Waals surface area contributed by atoms with Crippen LogP contribution in [0.15, 0.2) is 42.5 Å². The first-order valence-corrected chi connectivity index (χ1v) is 6.02. The van der Waals surface area contributed by atoms with Gasteiger partial charge in [-0.3, -0.25) is 4.79 Å². The number of hydrogen-bond donors (Lipinski definition) is 2. The Morgan fingerprint density at radius 2 is 1.90 bits per heavy atom. The summed E-state index contributed by atoms with van der Waals surface area (Å²) in [6.45, 7) is 0.136. The van der Waals surface area contributed by atoms with Crippen molar-refractivity contribution in [1.82, 2.24) is 0 Å². The smallest absolute Gasteiger partial charge is 0.307 e. The van der Waals surface area contributed by atoms with E-state index in [0.717, 1.165) is 5.56 Å². The van der Waals surface area contributed by atoms with Crippen molar-refractivity contribution < 1.29 is 19.0 Å². The van der Waals surface area contributed by atoms with Gasteiger partial charge >= 0.3 is 5.97 Å². The molecule has 0 heterocycles. The van der Waals surface area contributed by atoms with Gasteiger partial charge in [0.05, 0.1) is 12.1 Å². The first-order chi connectivity index (χ1) is 9.56. The number of ether oxygens (including phenoxy) is 1. The van der Waals surface area contributed by atoms with Crippen LogP contribution in [0.1, 0.15) is 11.1 Å². The Kier molecular flexibility index (Phi) is 4.20. The molecule has 0 radical (unpaired) electrons. The van der Waals surface area contributed by atoms with Crippen LogP contribution in [0.4, 0.5) is 10.1 Å². The summed E-state index contributed by atoms with van der Waals surface area (Å²) >= 11 is 0. The Balaban J connectivity index is 2.14. The van der Waals surface area contributed by atoms with Crippen LogP contribution in [0.3, 0.4) is 0 Å². The molecule has 0 spiro atoms. The standard InChI is InChI=1S/C15H14FNO3/c16-12-5-6-13(17)14(8-12)20-9-11-4-2-1-3-10(11)7-15(18)19/h1-6,8H,7,9,17H2,(H,18,19). The fourth-order valence-corrected chi connectivity index (χ4v) is 1.82. The molecule has 0 aromatic heterocycles. The van der Waals surface area contributed by atoms with Crippen LogP contribution in [0, 0.1) is 5.82 Å². The predicted octanol–water partition coefficient (Wildman–Crippen LogP) is 2.61. The first kappa shape index (κ1) is 13.9. The number of aliphatic carboxylic acids is 1. The minimum Gasteiger partial charge on any atom is -0.487 e. The van der Waals surface area contributed by atoms with Gasteiger partial charge in [0, 0.05) is 6.07 Å². The monoisotopic (exact) mass is 275 g/mol. The summed E-state index contributed by atoms with van der Waals surface area (Å²) < 4.78 is 18.6. The lowest BCUT2D eigenvalue weighted by Gasteiger charge is -2.11. The minimum atomic E-state index is -0.914. The van der Waals surface area contributed by atoms with Gasteiger partial charge in [0.1, 0.15) is 18.2 Å². The number of carbonyl (C=O) groups is 1. The van der Waals surface area contributed by atoms with Crippen LogP contribution in [0.25, 0.3) is 0 Å². The molecule has 0 saturated carbocycles. The number of nitrogens with two attached hydrogens (primary N) is 1. The van der Waals surface area contributed by atoms with Crippen molar-refractivity contribution in [2.24, 2.45) is 0 Å². The van der Waals surface area contributed by atoms with Gasteiger partial charge in [-0.2, -0.15) is 0 Å². The largest absolute Gasteiger partial charge is 0.487 e. The lowest BCUT2D eigenvalue weighted by molar-refractivity contribution is -0.136. The van der Waals surface area contributed by atoms with E-state index < -0.39 is 11.8 Å². The molecule has 0 amide bonds. The Hall–Kier alpha value is -2.56. The number of carboxylic acids is 1. The SMILES string of the molecule is Nc1ccc(F)cc1OCc1ccccc1CC(=O)O. The number of benzene rings is 2. The molecule has 20 heavy (non-hydrogen) atoms. The number of anilines is 1. The number of rotatable bonds is 5. The van der Waals surface area contributed by atoms with Gasteiger partial charge < -0.3 is 15.6 Å². The molecule has 2 aromatic carbocycles. The highest BCUT2D eigenvalue weighted by atomic mass is 19.1. The third-order valence-electron chi connectivity index (χ3n) is 2.82. The summed E-state index contributed by atoms with van der Waals surface area (Å²) in [6.07, 6.45) is -0.0852. The van der Waals surface area contributed by atoms with Crippen LogP contribution in [0.5, 0.6) is 5.75 Å². The van der Waals surface area contributed by atoms with Crippen molar-refractivity contribution in [3.05, 3.63) is 59.4 Å². The summed E-state index contributed by atoms with van der Waals surface area (Å²) in [5, 5.41) is 8.85. The van der Waals surface area contributed by atoms with E-state index in [9.17, 15) is 9.18 Å². The van der Waals surface area contributed by atoms with Crippen LogP contribution in [-0.4, -0.2) is 11.1 Å². The molecule has 0 aliphatic heterocycles. The van der Waals surface area contributed by atoms with Crippen molar-refractivity contribution >= 4 is 11.7 Å². The molecule has 0 bridgehead atoms. The highest BCUT2D eigenvalue weighted by molar-refractivity contribution is 5.70. The second-order valence-corrected chi connectivity index (χ2v) is 4.31. The molecule has 0 unspecified atom stereocenters. The lowest BCUT2D eigenvalue weighted by atomic mass is 10.1. The average Bonchev–Trinajstić information content (AvgIpc) is 2.41. The summed E-state index contributed by atoms with van der Waals surface area (Å²) in [4.78, 5) is 10.8. The fraction of sp³-hybridized carbons (Fsp3) is 0.133. The second kappa shape index (κ2) is 6.06. The van der Waals surface area contributed by atoms with Gasteiger partial charge in [-0.15, -0.1) is 0 Å². The number of halogens is 1. The van der Waals surface area contributed by atoms with E-state index in [1.165, 1.54) is 18.2 Å². The summed E-state index contributed by atoms with van der Waals surface area (Å²) in [5.41, 5.74) is 7.42. The van der Waals surface area contributed by atoms with E-state index in [1.807, 2.05) is 0 Å². The van der Waals surface area contributed by atoms with Crippen LogP contribution < -0.4 is 10.5 Å². The number of hydrogen-bond acceptors (Lipinski definition) is 3. The summed E-state index contributed by atoms with van der Waals surface area (Å²) in [5.74, 6) is -1.11. The topological polar surface area (TPSA) is 72.5 Å². The van der Waals surface area contributed by atoms with Gasteiger partial charge in [0.2, 0.25) is 0 Å². The van der Waals surface area contributed by atoms with Crippen molar-refractivity contribution in [3.8, 4) is 5.75 Å². The van der Waals surface area contributed by atoms with Gasteiger partial charge in [-0.25, -0.2) is 4.39 Å². The normalized spacial score (nSPS) is 10.2. The molecule has 5 heteroatoms. The molecule has 2 rings (SSSR count). The van der Waals surface area contributed by atoms with Crippen molar-refractivity contribution in [1.29, 1.82) is 0 Å². The molecule has 4 nitrogen and oxygen atoms in total. The molecule has 0 fully saturated rings. The van der Waals surface area contributed by atoms with E-state index in [-0.39, 0.29) is 18.8 Å². The third kappa shape index (κ3) is 3.47. The fourth-order valence-electron chi connectivity index (χ4n) is 1.82. The Labute approximate surface area is 115 Å². The maximum atomic E-state index is 13.1. The highest BCUT2D eigenvalue weighted by Crippen LogP contribution is 2.23. The van der Waals surface area contributed by atoms with E-state index in [2.05, 4.69) is 0 Å². The van der Waals surface area contributed by atoms with Gasteiger partial charge in [0.25, 0.3) is 0 Å². The zero-order valence-corrected chi connectivity index (χ0v) is 10.7. The second-order valence-electron chi connectivity index (χ2n) is 4.31. The summed E-state index contributed by atoms with van der Waals surface area (Å²) in [7, 11) is 0. The van der Waals surface area contributed by atoms with Crippen molar-refractivity contribution in [2.75, 3.05) is 5.73 Å². The van der Waals surface area contributed by atoms with Crippen molar-refractivity contribution in [2.45, 2.75) is 13.0 Å². The Bertz CT molecular complexity index is 628. The van der Waals surface area contributed by atoms with E-state index in [0.29, 0.717) is 11.3 Å². The van der Waals surface area contributed by atoms with E-state index >= 15 is 0 Å². The molecule has 3 N–H and O–H groups in total. The molecule has 0 aliphatic rings. The quantitative estimate of drug-likeness (QED) is 0.823. The van der Waals surface area contributed by atoms with Gasteiger partial charge in [0.15, 0.2) is 0 Å². The molecule has 2 aromatic rings. The first-order valence-electron chi connectivity index (χ1n) is 6.02. The third-order valence-corrected chi connectivity index (χ3v) is 2.82. The highest BCUT2D eigenvalue weighted by Gasteiger charge is 2.08. The van der Waals surface area contributed by atoms with E-state index in [1.54, 1.807) is 24.3 Å². The van der Waals surface area contributed by atoms with E-state index in [4.69, 9.17) is 15.6 Å². The molecule has 104 valence electrons. The molecule has 0 atom stereocenters. The average molecular weight is 275 g/mol. The molecular weight excluding hydrogens is 261 g/mol. The van der Waals surface area contributed by atoms with Crippen LogP contribution >= 0.6 is 0 Å². The Morgan fingerprint density at radius 3 is 2.60 bits per heavy atom. The number of carboxylic acid groups (broad SMARTS) is 1. The van der Waals surface area contributed by atoms with Gasteiger partial charge in [-0.05, 0) is 23.3 Å². The minimum absolute atomic E-state index is 0.0852. The zero-order valence-electron chi connectivity index (χ0n) is 10.7. The molecule has 0 aliphatic carbocycles. The maximum absolute atomic E-state index is 13.1. The summed E-state index contributed by atoms with van der Waals surface area (Å²) in [6, 6.07) is 10.9. The Morgan fingerprint density at radius 1 is 1.20 bits per heavy atom. The predicted molar refractivity (Wildman–Crippen MR) is 72.9 cm³/mol. The van der Waals surface area contributed by atoms with Crippen LogP contribution in [0.2, 0.25) is 0 Å². The van der Waals surface area contributed by atoms with Crippen LogP contribution in [-0.2, 0) is 17.8 Å². The van der Waals surface area contributed by atoms with Gasteiger partial charge in [-0.1, -0.05) is 24.3 Å². The van der Waals surface area contributed by atoms with Crippen molar-refractivity contribution in [3.63, 3.8) is 0 Å². The maximum Gasteiger partial charge on any atom is 0.307 e. The molecule has 0 saturated heterocycles. The number of nitrogen functional groups attached to an aromatic ring is 1. The zero-order chi connectivity index (χ0) is 14.5. The molecular formula is C15H14FNO3. The lowest BCUT2D eigenvalue weighted by Crippen LogP contribution is -2.06.